The second-order valence-electron chi connectivity index (χ2n) is 4.29. The Kier molecular flexibility index (Phi) is 4.92. The third-order valence-electron chi connectivity index (χ3n) is 2.82. The van der Waals surface area contributed by atoms with Crippen LogP contribution in [0.1, 0.15) is 5.56 Å². The van der Waals surface area contributed by atoms with E-state index in [4.69, 9.17) is 9.47 Å². The average Bonchev–Trinajstić information content (AvgIpc) is 2.54. The maximum atomic E-state index is 11.3. The normalized spacial score (nSPS) is 9.86. The molecule has 2 rings (SSSR count). The maximum Gasteiger partial charge on any atom is 0.412 e. The third-order valence-corrected chi connectivity index (χ3v) is 2.82. The molecule has 0 heterocycles. The van der Waals surface area contributed by atoms with Crippen LogP contribution in [-0.2, 0) is 6.61 Å². The molecule has 0 aliphatic heterocycles. The molecule has 1 amide bonds. The van der Waals surface area contributed by atoms with Crippen molar-refractivity contribution in [1.82, 2.24) is 5.32 Å². The molecule has 0 saturated heterocycles. The van der Waals surface area contributed by atoms with E-state index in [0.29, 0.717) is 17.1 Å². The number of nitro benzene ring substituents is 1. The number of nitrogens with zero attached hydrogens (tertiary/aromatic N) is 1. The fraction of sp³-hybridized carbons (Fsp3) is 0.133. The number of hydrogen-bond acceptors (Lipinski definition) is 5. The second-order valence-corrected chi connectivity index (χ2v) is 4.29. The molecule has 114 valence electrons. The summed E-state index contributed by atoms with van der Waals surface area (Å²) in [4.78, 5) is 21.4. The Morgan fingerprint density at radius 3 is 2.50 bits per heavy atom. The third kappa shape index (κ3) is 3.95. The Balaban J connectivity index is 2.05. The lowest BCUT2D eigenvalue weighted by atomic mass is 10.2. The summed E-state index contributed by atoms with van der Waals surface area (Å²) in [6.07, 6.45) is -0.567. The summed E-state index contributed by atoms with van der Waals surface area (Å²) in [6, 6.07) is 12.7. The number of carbonyl (C=O) groups excluding carboxylic acids is 1. The van der Waals surface area contributed by atoms with Crippen LogP contribution in [0, 0.1) is 10.1 Å². The minimum atomic E-state index is -0.567. The van der Waals surface area contributed by atoms with Crippen LogP contribution >= 0.6 is 0 Å². The lowest BCUT2D eigenvalue weighted by molar-refractivity contribution is -0.384. The van der Waals surface area contributed by atoms with E-state index in [1.54, 1.807) is 24.3 Å². The molecule has 0 aromatic heterocycles. The van der Waals surface area contributed by atoms with Gasteiger partial charge in [-0.25, -0.2) is 4.79 Å². The van der Waals surface area contributed by atoms with E-state index in [1.165, 1.54) is 31.3 Å². The molecule has 0 spiro atoms. The summed E-state index contributed by atoms with van der Waals surface area (Å²) in [7, 11) is 1.47. The molecule has 0 fully saturated rings. The van der Waals surface area contributed by atoms with Crippen molar-refractivity contribution in [2.24, 2.45) is 0 Å². The molecule has 1 N–H and O–H groups in total. The van der Waals surface area contributed by atoms with Crippen LogP contribution in [0.2, 0.25) is 0 Å². The second kappa shape index (κ2) is 7.07. The molecule has 0 unspecified atom stereocenters. The van der Waals surface area contributed by atoms with Gasteiger partial charge in [-0.1, -0.05) is 18.2 Å². The molecule has 0 saturated carbocycles. The van der Waals surface area contributed by atoms with Crippen molar-refractivity contribution in [3.8, 4) is 11.5 Å². The van der Waals surface area contributed by atoms with E-state index in [-0.39, 0.29) is 12.3 Å². The zero-order chi connectivity index (χ0) is 15.9. The van der Waals surface area contributed by atoms with Crippen LogP contribution < -0.4 is 14.8 Å². The highest BCUT2D eigenvalue weighted by atomic mass is 16.6. The van der Waals surface area contributed by atoms with Crippen LogP contribution in [0.4, 0.5) is 10.5 Å². The van der Waals surface area contributed by atoms with Crippen LogP contribution in [0.15, 0.2) is 48.5 Å². The Morgan fingerprint density at radius 1 is 1.18 bits per heavy atom. The predicted molar refractivity (Wildman–Crippen MR) is 79.0 cm³/mol. The van der Waals surface area contributed by atoms with Gasteiger partial charge in [0.1, 0.15) is 18.1 Å². The van der Waals surface area contributed by atoms with Crippen LogP contribution in [0.5, 0.6) is 11.5 Å². The first kappa shape index (κ1) is 15.3. The summed E-state index contributed by atoms with van der Waals surface area (Å²) in [5, 5.41) is 12.9. The first-order valence-corrected chi connectivity index (χ1v) is 6.45. The molecular formula is C15H14N2O5. The van der Waals surface area contributed by atoms with Crippen molar-refractivity contribution in [3.63, 3.8) is 0 Å². The van der Waals surface area contributed by atoms with E-state index in [2.05, 4.69) is 5.32 Å². The highest BCUT2D eigenvalue weighted by Crippen LogP contribution is 2.22. The molecule has 0 radical (unpaired) electrons. The van der Waals surface area contributed by atoms with E-state index >= 15 is 0 Å². The molecule has 2 aromatic carbocycles. The zero-order valence-electron chi connectivity index (χ0n) is 11.8. The molecule has 0 aliphatic carbocycles. The van der Waals surface area contributed by atoms with Gasteiger partial charge in [0.05, 0.1) is 4.92 Å². The lowest BCUT2D eigenvalue weighted by Gasteiger charge is -2.11. The van der Waals surface area contributed by atoms with Gasteiger partial charge in [-0.15, -0.1) is 0 Å². The van der Waals surface area contributed by atoms with Crippen molar-refractivity contribution in [2.45, 2.75) is 6.61 Å². The fourth-order valence-corrected chi connectivity index (χ4v) is 1.70. The molecule has 2 aromatic rings. The summed E-state index contributed by atoms with van der Waals surface area (Å²) >= 11 is 0. The quantitative estimate of drug-likeness (QED) is 0.677. The van der Waals surface area contributed by atoms with Gasteiger partial charge in [0, 0.05) is 24.7 Å². The number of nitrogens with one attached hydrogen (secondary N) is 1. The largest absolute Gasteiger partial charge is 0.489 e. The highest BCUT2D eigenvalue weighted by molar-refractivity contribution is 5.70. The minimum absolute atomic E-state index is 0.00398. The lowest BCUT2D eigenvalue weighted by Crippen LogP contribution is -2.22. The molecule has 0 bridgehead atoms. The number of amides is 1. The number of rotatable bonds is 5. The van der Waals surface area contributed by atoms with Crippen LogP contribution in [0.3, 0.4) is 0 Å². The van der Waals surface area contributed by atoms with Crippen molar-refractivity contribution in [1.29, 1.82) is 0 Å². The predicted octanol–water partition coefficient (Wildman–Crippen LogP) is 2.89. The van der Waals surface area contributed by atoms with Gasteiger partial charge >= 0.3 is 6.09 Å². The number of carbonyl (C=O) groups is 1. The van der Waals surface area contributed by atoms with Gasteiger partial charge < -0.3 is 14.8 Å². The standard InChI is InChI=1S/C15H14N2O5/c1-16-15(18)22-14-5-3-2-4-11(14)10-21-13-8-6-12(7-9-13)17(19)20/h2-9H,10H2,1H3,(H,16,18). The molecule has 7 heteroatoms. The Labute approximate surface area is 126 Å². The topological polar surface area (TPSA) is 90.7 Å². The van der Waals surface area contributed by atoms with Crippen LogP contribution in [0.25, 0.3) is 0 Å². The number of non-ortho nitro benzene ring substituents is 1. The van der Waals surface area contributed by atoms with Crippen molar-refractivity contribution in [3.05, 3.63) is 64.2 Å². The number of nitro groups is 1. The monoisotopic (exact) mass is 302 g/mol. The van der Waals surface area contributed by atoms with E-state index in [0.717, 1.165) is 0 Å². The SMILES string of the molecule is CNC(=O)Oc1ccccc1COc1ccc([N+](=O)[O-])cc1. The molecule has 0 atom stereocenters. The maximum absolute atomic E-state index is 11.3. The van der Waals surface area contributed by atoms with E-state index in [9.17, 15) is 14.9 Å². The van der Waals surface area contributed by atoms with E-state index < -0.39 is 11.0 Å². The van der Waals surface area contributed by atoms with Gasteiger partial charge in [-0.3, -0.25) is 10.1 Å². The molecule has 7 nitrogen and oxygen atoms in total. The van der Waals surface area contributed by atoms with Gasteiger partial charge in [-0.2, -0.15) is 0 Å². The molecule has 22 heavy (non-hydrogen) atoms. The average molecular weight is 302 g/mol. The highest BCUT2D eigenvalue weighted by Gasteiger charge is 2.09. The smallest absolute Gasteiger partial charge is 0.412 e. The number of ether oxygens (including phenoxy) is 2. The zero-order valence-corrected chi connectivity index (χ0v) is 11.8. The summed E-state index contributed by atoms with van der Waals surface area (Å²) in [5.74, 6) is 0.879. The fourth-order valence-electron chi connectivity index (χ4n) is 1.70. The Morgan fingerprint density at radius 2 is 1.86 bits per heavy atom. The number of hydrogen-bond donors (Lipinski definition) is 1. The van der Waals surface area contributed by atoms with Gasteiger partial charge in [-0.05, 0) is 18.2 Å². The number of para-hydroxylation sites is 1. The minimum Gasteiger partial charge on any atom is -0.489 e. The van der Waals surface area contributed by atoms with Crippen LogP contribution in [-0.4, -0.2) is 18.1 Å². The summed E-state index contributed by atoms with van der Waals surface area (Å²) < 4.78 is 10.7. The molecule has 0 aliphatic rings. The first-order chi connectivity index (χ1) is 10.6. The van der Waals surface area contributed by atoms with Crippen molar-refractivity contribution < 1.29 is 19.2 Å². The Bertz CT molecular complexity index is 670. The van der Waals surface area contributed by atoms with Gasteiger partial charge in [0.2, 0.25) is 0 Å². The Hall–Kier alpha value is -3.09. The van der Waals surface area contributed by atoms with E-state index in [1.807, 2.05) is 0 Å². The molecular weight excluding hydrogens is 288 g/mol. The first-order valence-electron chi connectivity index (χ1n) is 6.45. The van der Waals surface area contributed by atoms with Gasteiger partial charge in [0.25, 0.3) is 5.69 Å². The van der Waals surface area contributed by atoms with Gasteiger partial charge in [0.15, 0.2) is 0 Å². The summed E-state index contributed by atoms with van der Waals surface area (Å²) in [6.45, 7) is 0.172. The number of benzene rings is 2. The van der Waals surface area contributed by atoms with Crippen molar-refractivity contribution >= 4 is 11.8 Å². The van der Waals surface area contributed by atoms with Crippen molar-refractivity contribution in [2.75, 3.05) is 7.05 Å². The summed E-state index contributed by atoms with van der Waals surface area (Å²) in [5.41, 5.74) is 0.681.